The molecule has 1 aromatic heterocycles. The molecular formula is C15H11NO. The van der Waals surface area contributed by atoms with Crippen LogP contribution < -0.4 is 0 Å². The molecule has 3 rings (SSSR count). The van der Waals surface area contributed by atoms with Crippen LogP contribution in [0.15, 0.2) is 54.7 Å². The number of fused-ring (bicyclic) bond motifs is 1. The van der Waals surface area contributed by atoms with Crippen LogP contribution in [0.1, 0.15) is 10.4 Å². The van der Waals surface area contributed by atoms with Crippen molar-refractivity contribution in [2.45, 2.75) is 0 Å². The van der Waals surface area contributed by atoms with Crippen molar-refractivity contribution in [3.63, 3.8) is 0 Å². The lowest BCUT2D eigenvalue weighted by molar-refractivity contribution is 0.112. The zero-order chi connectivity index (χ0) is 11.7. The summed E-state index contributed by atoms with van der Waals surface area (Å²) in [5.74, 6) is 0. The van der Waals surface area contributed by atoms with Crippen molar-refractivity contribution in [3.05, 3.63) is 60.3 Å². The van der Waals surface area contributed by atoms with Gasteiger partial charge in [-0.25, -0.2) is 0 Å². The molecule has 0 unspecified atom stereocenters. The molecule has 0 radical (unpaired) electrons. The maximum Gasteiger partial charge on any atom is 0.150 e. The van der Waals surface area contributed by atoms with Gasteiger partial charge < -0.3 is 4.98 Å². The molecular weight excluding hydrogens is 210 g/mol. The zero-order valence-corrected chi connectivity index (χ0v) is 9.18. The van der Waals surface area contributed by atoms with Gasteiger partial charge in [-0.2, -0.15) is 0 Å². The molecule has 0 atom stereocenters. The van der Waals surface area contributed by atoms with Gasteiger partial charge in [-0.1, -0.05) is 36.4 Å². The predicted octanol–water partition coefficient (Wildman–Crippen LogP) is 3.65. The van der Waals surface area contributed by atoms with E-state index < -0.39 is 0 Å². The van der Waals surface area contributed by atoms with Crippen molar-refractivity contribution in [1.29, 1.82) is 0 Å². The minimum Gasteiger partial charge on any atom is -0.361 e. The van der Waals surface area contributed by atoms with Gasteiger partial charge in [0, 0.05) is 17.3 Å². The zero-order valence-electron chi connectivity index (χ0n) is 9.18. The average molecular weight is 221 g/mol. The third-order valence-electron chi connectivity index (χ3n) is 2.94. The second-order valence-electron chi connectivity index (χ2n) is 4.02. The molecule has 0 spiro atoms. The van der Waals surface area contributed by atoms with E-state index in [0.29, 0.717) is 5.56 Å². The standard InChI is InChI=1S/C15H11NO/c17-10-11-1-3-12(4-2-11)14-6-5-13-7-8-16-15(13)9-14/h1-10,16H. The molecule has 0 fully saturated rings. The van der Waals surface area contributed by atoms with Gasteiger partial charge in [-0.15, -0.1) is 0 Å². The number of benzene rings is 2. The Morgan fingerprint density at radius 2 is 1.65 bits per heavy atom. The molecule has 3 aromatic rings. The molecule has 0 aliphatic rings. The minimum absolute atomic E-state index is 0.703. The van der Waals surface area contributed by atoms with Gasteiger partial charge in [0.2, 0.25) is 0 Å². The van der Waals surface area contributed by atoms with E-state index in [-0.39, 0.29) is 0 Å². The first-order valence-electron chi connectivity index (χ1n) is 5.49. The Hall–Kier alpha value is -2.35. The lowest BCUT2D eigenvalue weighted by Crippen LogP contribution is -1.81. The molecule has 0 aliphatic carbocycles. The summed E-state index contributed by atoms with van der Waals surface area (Å²) in [6, 6.07) is 15.9. The van der Waals surface area contributed by atoms with Gasteiger partial charge in [0.1, 0.15) is 6.29 Å². The Morgan fingerprint density at radius 1 is 0.882 bits per heavy atom. The molecule has 1 N–H and O–H groups in total. The first-order chi connectivity index (χ1) is 8.36. The number of carbonyl (C=O) groups is 1. The van der Waals surface area contributed by atoms with Gasteiger partial charge in [0.15, 0.2) is 0 Å². The first kappa shape index (κ1) is 9.85. The number of aldehydes is 1. The topological polar surface area (TPSA) is 32.9 Å². The Labute approximate surface area is 98.9 Å². The average Bonchev–Trinajstić information content (AvgIpc) is 2.86. The first-order valence-corrected chi connectivity index (χ1v) is 5.49. The lowest BCUT2D eigenvalue weighted by atomic mass is 10.0. The van der Waals surface area contributed by atoms with Crippen LogP contribution in [-0.4, -0.2) is 11.3 Å². The van der Waals surface area contributed by atoms with Crippen molar-refractivity contribution in [3.8, 4) is 11.1 Å². The van der Waals surface area contributed by atoms with E-state index in [1.165, 1.54) is 5.39 Å². The van der Waals surface area contributed by atoms with Crippen molar-refractivity contribution < 1.29 is 4.79 Å². The van der Waals surface area contributed by atoms with Gasteiger partial charge in [0.25, 0.3) is 0 Å². The summed E-state index contributed by atoms with van der Waals surface area (Å²) in [7, 11) is 0. The molecule has 82 valence electrons. The third-order valence-corrected chi connectivity index (χ3v) is 2.94. The largest absolute Gasteiger partial charge is 0.361 e. The quantitative estimate of drug-likeness (QED) is 0.658. The van der Waals surface area contributed by atoms with E-state index >= 15 is 0 Å². The smallest absolute Gasteiger partial charge is 0.150 e. The van der Waals surface area contributed by atoms with Crippen LogP contribution in [0, 0.1) is 0 Å². The summed E-state index contributed by atoms with van der Waals surface area (Å²) < 4.78 is 0. The summed E-state index contributed by atoms with van der Waals surface area (Å²) in [5.41, 5.74) is 4.10. The highest BCUT2D eigenvalue weighted by Gasteiger charge is 2.00. The second kappa shape index (κ2) is 3.91. The van der Waals surface area contributed by atoms with Crippen LogP contribution in [-0.2, 0) is 0 Å². The van der Waals surface area contributed by atoms with E-state index in [9.17, 15) is 4.79 Å². The third kappa shape index (κ3) is 1.74. The molecule has 0 amide bonds. The van der Waals surface area contributed by atoms with Crippen molar-refractivity contribution >= 4 is 17.2 Å². The van der Waals surface area contributed by atoms with Crippen LogP contribution in [0.5, 0.6) is 0 Å². The molecule has 0 aliphatic heterocycles. The minimum atomic E-state index is 0.703. The van der Waals surface area contributed by atoms with Gasteiger partial charge in [0.05, 0.1) is 0 Å². The highest BCUT2D eigenvalue weighted by molar-refractivity contribution is 5.85. The normalized spacial score (nSPS) is 10.6. The van der Waals surface area contributed by atoms with Gasteiger partial charge in [-0.05, 0) is 28.6 Å². The monoisotopic (exact) mass is 221 g/mol. The summed E-state index contributed by atoms with van der Waals surface area (Å²) in [6.07, 6.45) is 2.79. The number of hydrogen-bond donors (Lipinski definition) is 1. The van der Waals surface area contributed by atoms with E-state index in [2.05, 4.69) is 29.2 Å². The Kier molecular flexibility index (Phi) is 2.26. The molecule has 0 saturated heterocycles. The SMILES string of the molecule is O=Cc1ccc(-c2ccc3cc[nH]c3c2)cc1. The van der Waals surface area contributed by atoms with Crippen LogP contribution >= 0.6 is 0 Å². The van der Waals surface area contributed by atoms with Crippen LogP contribution in [0.25, 0.3) is 22.0 Å². The molecule has 17 heavy (non-hydrogen) atoms. The highest BCUT2D eigenvalue weighted by Crippen LogP contribution is 2.23. The Morgan fingerprint density at radius 3 is 2.41 bits per heavy atom. The fourth-order valence-corrected chi connectivity index (χ4v) is 1.98. The number of aromatic amines is 1. The molecule has 0 saturated carbocycles. The van der Waals surface area contributed by atoms with Crippen LogP contribution in [0.3, 0.4) is 0 Å². The van der Waals surface area contributed by atoms with E-state index in [1.54, 1.807) is 0 Å². The Bertz CT molecular complexity index is 665. The number of rotatable bonds is 2. The number of carbonyl (C=O) groups excluding carboxylic acids is 1. The van der Waals surface area contributed by atoms with Gasteiger partial charge >= 0.3 is 0 Å². The lowest BCUT2D eigenvalue weighted by Gasteiger charge is -2.02. The van der Waals surface area contributed by atoms with Crippen molar-refractivity contribution in [2.24, 2.45) is 0 Å². The van der Waals surface area contributed by atoms with Crippen molar-refractivity contribution in [2.75, 3.05) is 0 Å². The predicted molar refractivity (Wildman–Crippen MR) is 69.1 cm³/mol. The molecule has 2 aromatic carbocycles. The number of hydrogen-bond acceptors (Lipinski definition) is 1. The van der Waals surface area contributed by atoms with E-state index in [4.69, 9.17) is 0 Å². The van der Waals surface area contributed by atoms with Gasteiger partial charge in [-0.3, -0.25) is 4.79 Å². The summed E-state index contributed by atoms with van der Waals surface area (Å²) >= 11 is 0. The van der Waals surface area contributed by atoms with Crippen molar-refractivity contribution in [1.82, 2.24) is 4.98 Å². The number of aromatic nitrogens is 1. The Balaban J connectivity index is 2.09. The highest BCUT2D eigenvalue weighted by atomic mass is 16.1. The van der Waals surface area contributed by atoms with E-state index in [1.807, 2.05) is 30.5 Å². The molecule has 0 bridgehead atoms. The summed E-state index contributed by atoms with van der Waals surface area (Å²) in [5, 5.41) is 1.21. The maximum absolute atomic E-state index is 10.6. The second-order valence-corrected chi connectivity index (χ2v) is 4.02. The molecule has 2 heteroatoms. The molecule has 2 nitrogen and oxygen atoms in total. The number of nitrogens with one attached hydrogen (secondary N) is 1. The fourth-order valence-electron chi connectivity index (χ4n) is 1.98. The summed E-state index contributed by atoms with van der Waals surface area (Å²) in [4.78, 5) is 13.8. The maximum atomic E-state index is 10.6. The summed E-state index contributed by atoms with van der Waals surface area (Å²) in [6.45, 7) is 0. The van der Waals surface area contributed by atoms with Crippen LogP contribution in [0.2, 0.25) is 0 Å². The molecule has 1 heterocycles. The van der Waals surface area contributed by atoms with Crippen LogP contribution in [0.4, 0.5) is 0 Å². The fraction of sp³-hybridized carbons (Fsp3) is 0. The number of H-pyrrole nitrogens is 1. The van der Waals surface area contributed by atoms with E-state index in [0.717, 1.165) is 22.9 Å².